The Labute approximate surface area is 137 Å². The lowest BCUT2D eigenvalue weighted by Gasteiger charge is -2.38. The van der Waals surface area contributed by atoms with Gasteiger partial charge in [-0.2, -0.15) is 0 Å². The Morgan fingerprint density at radius 3 is 2.57 bits per heavy atom. The molecule has 3 aliphatic carbocycles. The highest BCUT2D eigenvalue weighted by atomic mass is 35.5. The van der Waals surface area contributed by atoms with E-state index in [1.54, 1.807) is 0 Å². The van der Waals surface area contributed by atoms with Crippen LogP contribution in [-0.2, 0) is 6.42 Å². The highest BCUT2D eigenvalue weighted by molar-refractivity contribution is 6.42. The van der Waals surface area contributed by atoms with Crippen LogP contribution in [0.5, 0.6) is 0 Å². The Balaban J connectivity index is 1.55. The van der Waals surface area contributed by atoms with Crippen molar-refractivity contribution in [3.05, 3.63) is 33.8 Å². The fraction of sp³-hybridized carbons (Fsp3) is 0.667. The van der Waals surface area contributed by atoms with Gasteiger partial charge in [-0.15, -0.1) is 0 Å². The standard InChI is InChI=1S/C18H23Cl2N/c19-16-6-2-13(8-17(16)20)10-18(11-21-15-4-5-15)9-12-1-3-14(18)7-12/h2,6,8,12,14-15,21H,1,3-5,7,9-11H2. The summed E-state index contributed by atoms with van der Waals surface area (Å²) in [7, 11) is 0. The maximum Gasteiger partial charge on any atom is 0.0595 e. The third-order valence-corrected chi connectivity index (χ3v) is 6.70. The predicted molar refractivity (Wildman–Crippen MR) is 89.1 cm³/mol. The van der Waals surface area contributed by atoms with Gasteiger partial charge in [0.15, 0.2) is 0 Å². The largest absolute Gasteiger partial charge is 0.313 e. The molecule has 0 aliphatic heterocycles. The van der Waals surface area contributed by atoms with Gasteiger partial charge in [0.2, 0.25) is 0 Å². The molecule has 1 nitrogen and oxygen atoms in total. The number of rotatable bonds is 5. The summed E-state index contributed by atoms with van der Waals surface area (Å²) in [6.45, 7) is 1.19. The molecule has 3 atom stereocenters. The van der Waals surface area contributed by atoms with Gasteiger partial charge in [0.25, 0.3) is 0 Å². The van der Waals surface area contributed by atoms with Crippen LogP contribution >= 0.6 is 23.2 Å². The monoisotopic (exact) mass is 323 g/mol. The minimum atomic E-state index is 0.461. The van der Waals surface area contributed by atoms with Crippen LogP contribution in [0.4, 0.5) is 0 Å². The fourth-order valence-corrected chi connectivity index (χ4v) is 5.07. The molecule has 0 heterocycles. The molecule has 0 aromatic heterocycles. The second kappa shape index (κ2) is 5.44. The molecule has 1 aromatic rings. The molecule has 3 saturated carbocycles. The van der Waals surface area contributed by atoms with Gasteiger partial charge >= 0.3 is 0 Å². The van der Waals surface area contributed by atoms with Crippen molar-refractivity contribution in [3.63, 3.8) is 0 Å². The lowest BCUT2D eigenvalue weighted by Crippen LogP contribution is -2.41. The molecular formula is C18H23Cl2N. The summed E-state index contributed by atoms with van der Waals surface area (Å²) in [4.78, 5) is 0. The van der Waals surface area contributed by atoms with E-state index in [1.807, 2.05) is 6.07 Å². The minimum Gasteiger partial charge on any atom is -0.313 e. The van der Waals surface area contributed by atoms with Crippen molar-refractivity contribution in [2.45, 2.75) is 51.0 Å². The van der Waals surface area contributed by atoms with Gasteiger partial charge in [0, 0.05) is 12.6 Å². The zero-order valence-corrected chi connectivity index (χ0v) is 13.9. The van der Waals surface area contributed by atoms with E-state index in [4.69, 9.17) is 23.2 Å². The lowest BCUT2D eigenvalue weighted by molar-refractivity contribution is 0.155. The van der Waals surface area contributed by atoms with E-state index in [0.717, 1.165) is 24.3 Å². The topological polar surface area (TPSA) is 12.0 Å². The number of halogens is 2. The van der Waals surface area contributed by atoms with Crippen molar-refractivity contribution >= 4 is 23.2 Å². The van der Waals surface area contributed by atoms with E-state index in [9.17, 15) is 0 Å². The van der Waals surface area contributed by atoms with Crippen molar-refractivity contribution in [1.82, 2.24) is 5.32 Å². The molecule has 3 heteroatoms. The fourth-order valence-electron chi connectivity index (χ4n) is 4.74. The van der Waals surface area contributed by atoms with Crippen molar-refractivity contribution in [2.75, 3.05) is 6.54 Å². The van der Waals surface area contributed by atoms with Crippen molar-refractivity contribution in [3.8, 4) is 0 Å². The normalized spacial score (nSPS) is 34.6. The van der Waals surface area contributed by atoms with E-state index in [0.29, 0.717) is 15.5 Å². The summed E-state index contributed by atoms with van der Waals surface area (Å²) in [5.41, 5.74) is 1.82. The first-order valence-corrected chi connectivity index (χ1v) is 9.07. The summed E-state index contributed by atoms with van der Waals surface area (Å²) in [5, 5.41) is 5.17. The maximum absolute atomic E-state index is 6.21. The molecule has 0 amide bonds. The average Bonchev–Trinajstić information content (AvgIpc) is 3.10. The molecule has 1 aromatic carbocycles. The molecule has 3 fully saturated rings. The molecule has 1 N–H and O–H groups in total. The second-order valence-electron chi connectivity index (χ2n) is 7.52. The summed E-state index contributed by atoms with van der Waals surface area (Å²) < 4.78 is 0. The summed E-state index contributed by atoms with van der Waals surface area (Å²) >= 11 is 12.3. The lowest BCUT2D eigenvalue weighted by atomic mass is 9.69. The molecule has 0 spiro atoms. The molecule has 0 saturated heterocycles. The third kappa shape index (κ3) is 2.85. The van der Waals surface area contributed by atoms with Crippen molar-refractivity contribution < 1.29 is 0 Å². The SMILES string of the molecule is Clc1ccc(CC2(CNC3CC3)CC3CCC2C3)cc1Cl. The van der Waals surface area contributed by atoms with Crippen LogP contribution < -0.4 is 5.32 Å². The highest BCUT2D eigenvalue weighted by Gasteiger charge is 2.50. The van der Waals surface area contributed by atoms with Crippen LogP contribution in [0.3, 0.4) is 0 Å². The van der Waals surface area contributed by atoms with E-state index < -0.39 is 0 Å². The van der Waals surface area contributed by atoms with Crippen molar-refractivity contribution in [2.24, 2.45) is 17.3 Å². The molecule has 0 radical (unpaired) electrons. The van der Waals surface area contributed by atoms with E-state index in [2.05, 4.69) is 17.4 Å². The number of nitrogens with one attached hydrogen (secondary N) is 1. The molecule has 4 rings (SSSR count). The van der Waals surface area contributed by atoms with Gasteiger partial charge in [0.05, 0.1) is 10.0 Å². The van der Waals surface area contributed by atoms with Crippen LogP contribution in [0, 0.1) is 17.3 Å². The molecule has 3 aliphatic rings. The molecule has 3 unspecified atom stereocenters. The van der Waals surface area contributed by atoms with Crippen LogP contribution in [0.2, 0.25) is 10.0 Å². The Bertz CT molecular complexity index is 540. The summed E-state index contributed by atoms with van der Waals surface area (Å²) in [5.74, 6) is 1.88. The van der Waals surface area contributed by atoms with Gasteiger partial charge in [-0.3, -0.25) is 0 Å². The van der Waals surface area contributed by atoms with Gasteiger partial charge in [-0.05, 0) is 73.5 Å². The first-order chi connectivity index (χ1) is 10.1. The zero-order chi connectivity index (χ0) is 14.4. The number of benzene rings is 1. The average molecular weight is 324 g/mol. The third-order valence-electron chi connectivity index (χ3n) is 5.96. The number of hydrogen-bond donors (Lipinski definition) is 1. The Hall–Kier alpha value is -0.240. The van der Waals surface area contributed by atoms with Crippen LogP contribution in [0.1, 0.15) is 44.1 Å². The first kappa shape index (κ1) is 14.4. The van der Waals surface area contributed by atoms with Crippen LogP contribution in [0.25, 0.3) is 0 Å². The maximum atomic E-state index is 6.21. The van der Waals surface area contributed by atoms with Crippen molar-refractivity contribution in [1.29, 1.82) is 0 Å². The number of fused-ring (bicyclic) bond motifs is 2. The van der Waals surface area contributed by atoms with E-state index in [-0.39, 0.29) is 0 Å². The Morgan fingerprint density at radius 2 is 1.95 bits per heavy atom. The molecule has 2 bridgehead atoms. The molecular weight excluding hydrogens is 301 g/mol. The van der Waals surface area contributed by atoms with Gasteiger partial charge in [0.1, 0.15) is 0 Å². The first-order valence-electron chi connectivity index (χ1n) is 8.32. The van der Waals surface area contributed by atoms with E-state index in [1.165, 1.54) is 50.6 Å². The summed E-state index contributed by atoms with van der Waals surface area (Å²) in [6, 6.07) is 7.00. The van der Waals surface area contributed by atoms with Crippen LogP contribution in [0.15, 0.2) is 18.2 Å². The smallest absolute Gasteiger partial charge is 0.0595 e. The van der Waals surface area contributed by atoms with Crippen LogP contribution in [-0.4, -0.2) is 12.6 Å². The van der Waals surface area contributed by atoms with E-state index >= 15 is 0 Å². The zero-order valence-electron chi connectivity index (χ0n) is 12.4. The second-order valence-corrected chi connectivity index (χ2v) is 8.34. The van der Waals surface area contributed by atoms with Gasteiger partial charge in [-0.1, -0.05) is 35.7 Å². The Morgan fingerprint density at radius 1 is 1.10 bits per heavy atom. The minimum absolute atomic E-state index is 0.461. The molecule has 114 valence electrons. The summed E-state index contributed by atoms with van der Waals surface area (Å²) in [6.07, 6.45) is 9.64. The Kier molecular flexibility index (Phi) is 3.72. The highest BCUT2D eigenvalue weighted by Crippen LogP contribution is 2.57. The number of hydrogen-bond acceptors (Lipinski definition) is 1. The van der Waals surface area contributed by atoms with Gasteiger partial charge < -0.3 is 5.32 Å². The van der Waals surface area contributed by atoms with Gasteiger partial charge in [-0.25, -0.2) is 0 Å². The predicted octanol–water partition coefficient (Wildman–Crippen LogP) is 5.09. The quantitative estimate of drug-likeness (QED) is 0.795. The molecule has 21 heavy (non-hydrogen) atoms.